The highest BCUT2D eigenvalue weighted by Gasteiger charge is 2.65. The summed E-state index contributed by atoms with van der Waals surface area (Å²) in [5, 5.41) is 21.8. The third kappa shape index (κ3) is 3.68. The van der Waals surface area contributed by atoms with E-state index in [0.717, 1.165) is 38.5 Å². The number of ether oxygens (including phenoxy) is 1. The summed E-state index contributed by atoms with van der Waals surface area (Å²) in [7, 11) is 0. The number of ketones is 1. The number of hydrogen-bond donors (Lipinski definition) is 2. The molecule has 10 atom stereocenters. The van der Waals surface area contributed by atoms with Crippen LogP contribution in [-0.2, 0) is 14.3 Å². The van der Waals surface area contributed by atoms with Crippen molar-refractivity contribution in [1.29, 1.82) is 0 Å². The van der Waals surface area contributed by atoms with Crippen LogP contribution in [0.5, 0.6) is 0 Å². The quantitative estimate of drug-likeness (QED) is 0.636. The Bertz CT molecular complexity index is 706. The summed E-state index contributed by atoms with van der Waals surface area (Å²) in [5.41, 5.74) is -0.212. The van der Waals surface area contributed by atoms with Crippen molar-refractivity contribution in [2.45, 2.75) is 97.7 Å². The van der Waals surface area contributed by atoms with E-state index in [1.807, 2.05) is 6.92 Å². The van der Waals surface area contributed by atoms with Gasteiger partial charge in [-0.15, -0.1) is 0 Å². The van der Waals surface area contributed by atoms with Gasteiger partial charge in [0.25, 0.3) is 0 Å². The third-order valence-corrected chi connectivity index (χ3v) is 10.4. The maximum atomic E-state index is 13.5. The Morgan fingerprint density at radius 2 is 1.90 bits per heavy atom. The second kappa shape index (κ2) is 8.44. The smallest absolute Gasteiger partial charge is 0.305 e. The molecule has 0 radical (unpaired) electrons. The van der Waals surface area contributed by atoms with Crippen molar-refractivity contribution in [2.24, 2.45) is 46.3 Å². The van der Waals surface area contributed by atoms with Crippen LogP contribution in [0.1, 0.15) is 85.5 Å². The zero-order valence-corrected chi connectivity index (χ0v) is 19.8. The van der Waals surface area contributed by atoms with Gasteiger partial charge in [-0.3, -0.25) is 9.59 Å². The van der Waals surface area contributed by atoms with E-state index in [2.05, 4.69) is 20.8 Å². The largest absolute Gasteiger partial charge is 0.466 e. The van der Waals surface area contributed by atoms with Gasteiger partial charge in [0, 0.05) is 24.2 Å². The number of Topliss-reactive ketones (excluding diaryl/α,β-unsaturated/α-hetero) is 1. The zero-order valence-electron chi connectivity index (χ0n) is 19.8. The van der Waals surface area contributed by atoms with Gasteiger partial charge in [-0.2, -0.15) is 0 Å². The van der Waals surface area contributed by atoms with Crippen LogP contribution in [0.25, 0.3) is 0 Å². The Hall–Kier alpha value is -0.940. The average Bonchev–Trinajstić information content (AvgIpc) is 3.07. The molecule has 0 aliphatic heterocycles. The summed E-state index contributed by atoms with van der Waals surface area (Å²) in [4.78, 5) is 25.3. The first kappa shape index (κ1) is 23.2. The minimum absolute atomic E-state index is 0.0483. The third-order valence-electron chi connectivity index (χ3n) is 10.4. The normalized spacial score (nSPS) is 47.8. The molecule has 0 spiro atoms. The number of aliphatic hydroxyl groups excluding tert-OH is 2. The first-order chi connectivity index (χ1) is 14.6. The fourth-order valence-corrected chi connectivity index (χ4v) is 8.62. The lowest BCUT2D eigenvalue weighted by Gasteiger charge is -2.61. The van der Waals surface area contributed by atoms with Gasteiger partial charge in [0.15, 0.2) is 0 Å². The summed E-state index contributed by atoms with van der Waals surface area (Å²) < 4.78 is 5.11. The fourth-order valence-electron chi connectivity index (χ4n) is 8.62. The standard InChI is InChI=1S/C26H42O5/c1-5-31-23(30)9-6-15(2)18-7-8-19-24-20(14-22(29)26(18,19)4)25(3)11-10-17(27)12-16(25)13-21(24)28/h15-20,22,24,27,29H,5-14H2,1-4H3/t15-,16-,17+,18+,19-,20-,22-,24-,25+,26-/m1/s1. The van der Waals surface area contributed by atoms with Crippen molar-refractivity contribution < 1.29 is 24.5 Å². The molecule has 0 saturated heterocycles. The molecular formula is C26H42O5. The Balaban J connectivity index is 1.55. The predicted molar refractivity (Wildman–Crippen MR) is 118 cm³/mol. The van der Waals surface area contributed by atoms with Gasteiger partial charge >= 0.3 is 5.97 Å². The van der Waals surface area contributed by atoms with Crippen LogP contribution in [0, 0.1) is 46.3 Å². The van der Waals surface area contributed by atoms with Gasteiger partial charge in [0.1, 0.15) is 5.78 Å². The van der Waals surface area contributed by atoms with Crippen LogP contribution in [0.15, 0.2) is 0 Å². The van der Waals surface area contributed by atoms with E-state index in [1.165, 1.54) is 0 Å². The average molecular weight is 435 g/mol. The van der Waals surface area contributed by atoms with Crippen LogP contribution in [-0.4, -0.2) is 40.8 Å². The lowest BCUT2D eigenvalue weighted by molar-refractivity contribution is -0.182. The SMILES string of the molecule is CCOC(=O)CC[C@@H](C)[C@@H]1CC[C@@H]2[C@H]3C(=O)C[C@H]4C[C@@H](O)CC[C@]4(C)[C@@H]3C[C@@H](O)[C@@]21C. The Labute approximate surface area is 187 Å². The molecule has 2 N–H and O–H groups in total. The highest BCUT2D eigenvalue weighted by atomic mass is 16.5. The molecular weight excluding hydrogens is 392 g/mol. The number of carbonyl (C=O) groups is 2. The molecule has 4 rings (SSSR count). The molecule has 176 valence electrons. The fraction of sp³-hybridized carbons (Fsp3) is 0.923. The lowest BCUT2D eigenvalue weighted by Crippen LogP contribution is -2.61. The van der Waals surface area contributed by atoms with Crippen molar-refractivity contribution in [1.82, 2.24) is 0 Å². The van der Waals surface area contributed by atoms with E-state index in [4.69, 9.17) is 4.74 Å². The van der Waals surface area contributed by atoms with Crippen molar-refractivity contribution in [3.8, 4) is 0 Å². The van der Waals surface area contributed by atoms with E-state index in [-0.39, 0.29) is 46.6 Å². The van der Waals surface area contributed by atoms with Gasteiger partial charge in [-0.05, 0) is 86.9 Å². The number of hydrogen-bond acceptors (Lipinski definition) is 5. The highest BCUT2D eigenvalue weighted by Crippen LogP contribution is 2.67. The highest BCUT2D eigenvalue weighted by molar-refractivity contribution is 5.83. The maximum absolute atomic E-state index is 13.5. The molecule has 31 heavy (non-hydrogen) atoms. The molecule has 5 heteroatoms. The van der Waals surface area contributed by atoms with Crippen molar-refractivity contribution in [2.75, 3.05) is 6.61 Å². The summed E-state index contributed by atoms with van der Waals surface area (Å²) in [6.07, 6.45) is 6.34. The van der Waals surface area contributed by atoms with Crippen LogP contribution in [0.3, 0.4) is 0 Å². The van der Waals surface area contributed by atoms with Gasteiger partial charge in [0.2, 0.25) is 0 Å². The van der Waals surface area contributed by atoms with Gasteiger partial charge in [-0.1, -0.05) is 20.8 Å². The summed E-state index contributed by atoms with van der Waals surface area (Å²) in [6, 6.07) is 0. The lowest BCUT2D eigenvalue weighted by atomic mass is 9.43. The van der Waals surface area contributed by atoms with Crippen molar-refractivity contribution in [3.63, 3.8) is 0 Å². The molecule has 4 aliphatic carbocycles. The van der Waals surface area contributed by atoms with Crippen LogP contribution >= 0.6 is 0 Å². The Kier molecular flexibility index (Phi) is 6.33. The number of rotatable bonds is 5. The first-order valence-corrected chi connectivity index (χ1v) is 12.7. The second-order valence-corrected chi connectivity index (χ2v) is 11.7. The molecule has 0 aromatic carbocycles. The first-order valence-electron chi connectivity index (χ1n) is 12.7. The van der Waals surface area contributed by atoms with Gasteiger partial charge in [-0.25, -0.2) is 0 Å². The number of esters is 1. The summed E-state index contributed by atoms with van der Waals surface area (Å²) in [5.74, 6) is 1.64. The van der Waals surface area contributed by atoms with E-state index in [0.29, 0.717) is 43.5 Å². The van der Waals surface area contributed by atoms with Gasteiger partial charge < -0.3 is 14.9 Å². The predicted octanol–water partition coefficient (Wildman–Crippen LogP) is 4.14. The summed E-state index contributed by atoms with van der Waals surface area (Å²) in [6.45, 7) is 9.01. The Morgan fingerprint density at radius 3 is 2.61 bits per heavy atom. The monoisotopic (exact) mass is 434 g/mol. The van der Waals surface area contributed by atoms with E-state index in [1.54, 1.807) is 0 Å². The molecule has 0 unspecified atom stereocenters. The van der Waals surface area contributed by atoms with Crippen LogP contribution in [0.4, 0.5) is 0 Å². The maximum Gasteiger partial charge on any atom is 0.305 e. The molecule has 0 aromatic heterocycles. The number of aliphatic hydroxyl groups is 2. The number of carbonyl (C=O) groups excluding carboxylic acids is 2. The second-order valence-electron chi connectivity index (χ2n) is 11.7. The van der Waals surface area contributed by atoms with E-state index < -0.39 is 6.10 Å². The molecule has 0 bridgehead atoms. The summed E-state index contributed by atoms with van der Waals surface area (Å²) >= 11 is 0. The number of fused-ring (bicyclic) bond motifs is 5. The topological polar surface area (TPSA) is 83.8 Å². The molecule has 4 fully saturated rings. The molecule has 4 saturated carbocycles. The molecule has 5 nitrogen and oxygen atoms in total. The molecule has 4 aliphatic rings. The minimum atomic E-state index is -0.411. The van der Waals surface area contributed by atoms with Crippen molar-refractivity contribution in [3.05, 3.63) is 0 Å². The molecule has 0 aromatic rings. The van der Waals surface area contributed by atoms with E-state index in [9.17, 15) is 19.8 Å². The van der Waals surface area contributed by atoms with Crippen LogP contribution in [0.2, 0.25) is 0 Å². The van der Waals surface area contributed by atoms with E-state index >= 15 is 0 Å². The van der Waals surface area contributed by atoms with Crippen molar-refractivity contribution >= 4 is 11.8 Å². The Morgan fingerprint density at radius 1 is 1.16 bits per heavy atom. The van der Waals surface area contributed by atoms with Gasteiger partial charge in [0.05, 0.1) is 18.8 Å². The van der Waals surface area contributed by atoms with Crippen LogP contribution < -0.4 is 0 Å². The minimum Gasteiger partial charge on any atom is -0.466 e. The molecule has 0 amide bonds. The molecule has 0 heterocycles. The zero-order chi connectivity index (χ0) is 22.6.